The lowest BCUT2D eigenvalue weighted by Crippen LogP contribution is -2.17. The second-order valence-corrected chi connectivity index (χ2v) is 10.1. The largest absolute Gasteiger partial charge is 0.391 e. The Morgan fingerprint density at radius 3 is 1.66 bits per heavy atom. The molecule has 44 heavy (non-hydrogen) atoms. The third-order valence-electron chi connectivity index (χ3n) is 6.57. The lowest BCUT2D eigenvalue weighted by molar-refractivity contribution is 0.132. The minimum absolute atomic E-state index is 0.410. The highest BCUT2D eigenvalue weighted by atomic mass is 16.6. The monoisotopic (exact) mass is 582 g/mol. The molecule has 0 aliphatic rings. The van der Waals surface area contributed by atoms with Crippen LogP contribution in [0.3, 0.4) is 0 Å². The van der Waals surface area contributed by atoms with E-state index in [-0.39, 0.29) is 0 Å². The van der Waals surface area contributed by atoms with E-state index in [0.29, 0.717) is 24.7 Å². The SMILES string of the molecule is CN(Cc1ccc(CO/N=C/c2ccccc2)cc1)Cc1ccc(O/N=C/c2ccccc2)cc1O/N=C/c1ccccc1. The molecule has 0 amide bonds. The normalized spacial score (nSPS) is 11.5. The zero-order valence-electron chi connectivity index (χ0n) is 24.6. The highest BCUT2D eigenvalue weighted by molar-refractivity contribution is 5.79. The van der Waals surface area contributed by atoms with E-state index in [1.54, 1.807) is 18.6 Å². The summed E-state index contributed by atoms with van der Waals surface area (Å²) in [6.07, 6.45) is 5.07. The van der Waals surface area contributed by atoms with E-state index in [4.69, 9.17) is 14.5 Å². The second kappa shape index (κ2) is 16.2. The van der Waals surface area contributed by atoms with Crippen LogP contribution in [0.25, 0.3) is 0 Å². The molecule has 0 radical (unpaired) electrons. The van der Waals surface area contributed by atoms with E-state index in [9.17, 15) is 0 Å². The molecule has 7 nitrogen and oxygen atoms in total. The Bertz CT molecular complexity index is 1660. The van der Waals surface area contributed by atoms with E-state index < -0.39 is 0 Å². The van der Waals surface area contributed by atoms with Crippen molar-refractivity contribution in [2.75, 3.05) is 7.05 Å². The number of oxime groups is 3. The Balaban J connectivity index is 1.19. The Kier molecular flexibility index (Phi) is 11.0. The number of rotatable bonds is 14. The van der Waals surface area contributed by atoms with Gasteiger partial charge in [-0.25, -0.2) is 0 Å². The molecule has 0 atom stereocenters. The molecule has 0 spiro atoms. The fraction of sp³-hybridized carbons (Fsp3) is 0.108. The van der Waals surface area contributed by atoms with Crippen LogP contribution in [0.5, 0.6) is 11.5 Å². The summed E-state index contributed by atoms with van der Waals surface area (Å²) in [5.74, 6) is 1.15. The van der Waals surface area contributed by atoms with Gasteiger partial charge in [0, 0.05) is 24.7 Å². The van der Waals surface area contributed by atoms with Crippen LogP contribution >= 0.6 is 0 Å². The summed E-state index contributed by atoms with van der Waals surface area (Å²) in [5.41, 5.74) is 6.11. The average Bonchev–Trinajstić information content (AvgIpc) is 3.06. The van der Waals surface area contributed by atoms with Crippen LogP contribution in [-0.2, 0) is 24.5 Å². The maximum atomic E-state index is 5.87. The molecule has 5 rings (SSSR count). The van der Waals surface area contributed by atoms with E-state index in [2.05, 4.69) is 51.7 Å². The quantitative estimate of drug-likeness (QED) is 0.0994. The van der Waals surface area contributed by atoms with Gasteiger partial charge in [0.1, 0.15) is 6.61 Å². The molecular formula is C37H34N4O3. The van der Waals surface area contributed by atoms with E-state index in [0.717, 1.165) is 34.4 Å². The summed E-state index contributed by atoms with van der Waals surface area (Å²) in [7, 11) is 2.07. The maximum Gasteiger partial charge on any atom is 0.166 e. The van der Waals surface area contributed by atoms with Gasteiger partial charge in [0.05, 0.1) is 18.6 Å². The standard InChI is InChI=1S/C37H34N4O3/c1-41(27-33-17-19-34(20-18-33)29-42-38-24-30-11-5-2-6-12-30)28-35-21-22-36(43-39-25-31-13-7-3-8-14-31)23-37(35)44-40-26-32-15-9-4-10-16-32/h2-26H,27-29H2,1H3/b38-24+,39-25+,40-26+. The third kappa shape index (κ3) is 9.79. The molecule has 0 N–H and O–H groups in total. The second-order valence-electron chi connectivity index (χ2n) is 10.1. The molecule has 0 saturated carbocycles. The number of nitrogens with zero attached hydrogens (tertiary/aromatic N) is 4. The molecule has 0 bridgehead atoms. The first kappa shape index (κ1) is 29.9. The topological polar surface area (TPSA) is 68.0 Å². The molecule has 0 unspecified atom stereocenters. The van der Waals surface area contributed by atoms with Crippen LogP contribution < -0.4 is 9.68 Å². The first-order valence-corrected chi connectivity index (χ1v) is 14.3. The van der Waals surface area contributed by atoms with Gasteiger partial charge in [-0.3, -0.25) is 4.90 Å². The van der Waals surface area contributed by atoms with Gasteiger partial charge in [0.25, 0.3) is 0 Å². The molecule has 5 aromatic carbocycles. The van der Waals surface area contributed by atoms with Crippen molar-refractivity contribution in [3.63, 3.8) is 0 Å². The zero-order valence-corrected chi connectivity index (χ0v) is 24.6. The van der Waals surface area contributed by atoms with Crippen molar-refractivity contribution in [3.8, 4) is 11.5 Å². The van der Waals surface area contributed by atoms with Gasteiger partial charge in [0.15, 0.2) is 11.5 Å². The van der Waals surface area contributed by atoms with Crippen LogP contribution in [0.1, 0.15) is 33.4 Å². The predicted octanol–water partition coefficient (Wildman–Crippen LogP) is 7.70. The summed E-state index contributed by atoms with van der Waals surface area (Å²) >= 11 is 0. The van der Waals surface area contributed by atoms with Crippen LogP contribution in [0.2, 0.25) is 0 Å². The highest BCUT2D eigenvalue weighted by Crippen LogP contribution is 2.27. The molecule has 220 valence electrons. The van der Waals surface area contributed by atoms with Gasteiger partial charge < -0.3 is 14.5 Å². The Labute approximate surface area is 258 Å². The third-order valence-corrected chi connectivity index (χ3v) is 6.57. The summed E-state index contributed by atoms with van der Waals surface area (Å²) in [5, 5.41) is 12.4. The maximum absolute atomic E-state index is 5.87. The summed E-state index contributed by atoms with van der Waals surface area (Å²) in [6.45, 7) is 1.80. The lowest BCUT2D eigenvalue weighted by atomic mass is 10.1. The fourth-order valence-corrected chi connectivity index (χ4v) is 4.33. The Morgan fingerprint density at radius 2 is 1.07 bits per heavy atom. The molecule has 0 fully saturated rings. The fourth-order valence-electron chi connectivity index (χ4n) is 4.33. The minimum Gasteiger partial charge on any atom is -0.391 e. The molecular weight excluding hydrogens is 548 g/mol. The van der Waals surface area contributed by atoms with Crippen LogP contribution in [0.4, 0.5) is 0 Å². The van der Waals surface area contributed by atoms with Gasteiger partial charge in [0.2, 0.25) is 0 Å². The first-order chi connectivity index (χ1) is 21.7. The number of benzene rings is 5. The van der Waals surface area contributed by atoms with Gasteiger partial charge in [-0.1, -0.05) is 137 Å². The Hall–Kier alpha value is -5.53. The first-order valence-electron chi connectivity index (χ1n) is 14.3. The smallest absolute Gasteiger partial charge is 0.166 e. The molecule has 5 aromatic rings. The van der Waals surface area contributed by atoms with Crippen molar-refractivity contribution in [3.05, 3.63) is 167 Å². The van der Waals surface area contributed by atoms with Crippen molar-refractivity contribution in [2.45, 2.75) is 19.7 Å². The molecule has 7 heteroatoms. The highest BCUT2D eigenvalue weighted by Gasteiger charge is 2.11. The van der Waals surface area contributed by atoms with Crippen molar-refractivity contribution >= 4 is 18.6 Å². The van der Waals surface area contributed by atoms with Crippen LogP contribution in [0.15, 0.2) is 149 Å². The molecule has 0 aliphatic carbocycles. The molecule has 0 saturated heterocycles. The minimum atomic E-state index is 0.410. The summed E-state index contributed by atoms with van der Waals surface area (Å²) in [6, 6.07) is 43.5. The van der Waals surface area contributed by atoms with Crippen LogP contribution in [0, 0.1) is 0 Å². The number of hydrogen-bond donors (Lipinski definition) is 0. The van der Waals surface area contributed by atoms with Crippen molar-refractivity contribution in [1.29, 1.82) is 0 Å². The zero-order chi connectivity index (χ0) is 30.2. The lowest BCUT2D eigenvalue weighted by Gasteiger charge is -2.18. The van der Waals surface area contributed by atoms with E-state index in [1.807, 2.05) is 109 Å². The number of hydrogen-bond acceptors (Lipinski definition) is 7. The van der Waals surface area contributed by atoms with Gasteiger partial charge in [-0.15, -0.1) is 0 Å². The van der Waals surface area contributed by atoms with Gasteiger partial charge >= 0.3 is 0 Å². The van der Waals surface area contributed by atoms with Gasteiger partial charge in [-0.05, 0) is 40.9 Å². The molecule has 0 aliphatic heterocycles. The van der Waals surface area contributed by atoms with Crippen molar-refractivity contribution in [2.24, 2.45) is 15.5 Å². The van der Waals surface area contributed by atoms with Crippen molar-refractivity contribution in [1.82, 2.24) is 4.90 Å². The molecule has 0 heterocycles. The average molecular weight is 583 g/mol. The molecule has 0 aromatic heterocycles. The summed E-state index contributed by atoms with van der Waals surface area (Å²) in [4.78, 5) is 19.2. The predicted molar refractivity (Wildman–Crippen MR) is 176 cm³/mol. The van der Waals surface area contributed by atoms with E-state index >= 15 is 0 Å². The van der Waals surface area contributed by atoms with Gasteiger partial charge in [-0.2, -0.15) is 0 Å². The Morgan fingerprint density at radius 1 is 0.545 bits per heavy atom. The van der Waals surface area contributed by atoms with E-state index in [1.165, 1.54) is 5.56 Å². The van der Waals surface area contributed by atoms with Crippen molar-refractivity contribution < 1.29 is 14.5 Å². The summed E-state index contributed by atoms with van der Waals surface area (Å²) < 4.78 is 0. The van der Waals surface area contributed by atoms with Crippen LogP contribution in [-0.4, -0.2) is 30.6 Å².